The molecule has 13 heavy (non-hydrogen) atoms. The van der Waals surface area contributed by atoms with Gasteiger partial charge in [-0.15, -0.1) is 0 Å². The lowest BCUT2D eigenvalue weighted by molar-refractivity contribution is 0.474. The van der Waals surface area contributed by atoms with Crippen molar-refractivity contribution >= 4 is 5.69 Å². The molecule has 1 aromatic rings. The van der Waals surface area contributed by atoms with E-state index in [1.807, 2.05) is 13.1 Å². The van der Waals surface area contributed by atoms with Crippen molar-refractivity contribution in [3.05, 3.63) is 23.8 Å². The van der Waals surface area contributed by atoms with Crippen molar-refractivity contribution < 1.29 is 5.11 Å². The van der Waals surface area contributed by atoms with Crippen molar-refractivity contribution in [2.75, 3.05) is 12.4 Å². The first kappa shape index (κ1) is 9.90. The fraction of sp³-hybridized carbons (Fsp3) is 0.455. The molecule has 72 valence electrons. The zero-order chi connectivity index (χ0) is 10.1. The summed E-state index contributed by atoms with van der Waals surface area (Å²) in [6.07, 6.45) is 0. The highest BCUT2D eigenvalue weighted by Gasteiger charge is 2.17. The summed E-state index contributed by atoms with van der Waals surface area (Å²) in [5.41, 5.74) is 2.31. The zero-order valence-electron chi connectivity index (χ0n) is 8.68. The summed E-state index contributed by atoms with van der Waals surface area (Å²) in [6.45, 7) is 6.46. The molecular weight excluding hydrogens is 162 g/mol. The van der Waals surface area contributed by atoms with E-state index in [1.54, 1.807) is 12.1 Å². The average Bonchev–Trinajstić information content (AvgIpc) is 2.01. The summed E-state index contributed by atoms with van der Waals surface area (Å²) in [4.78, 5) is 0. The van der Waals surface area contributed by atoms with Gasteiger partial charge in [0.1, 0.15) is 5.75 Å². The predicted octanol–water partition coefficient (Wildman–Crippen LogP) is 2.73. The average molecular weight is 179 g/mol. The monoisotopic (exact) mass is 179 g/mol. The molecule has 0 radical (unpaired) electrons. The highest BCUT2D eigenvalue weighted by atomic mass is 16.3. The highest BCUT2D eigenvalue weighted by molar-refractivity contribution is 5.57. The summed E-state index contributed by atoms with van der Waals surface area (Å²) >= 11 is 0. The Morgan fingerprint density at radius 2 is 1.85 bits per heavy atom. The molecule has 0 aliphatic rings. The summed E-state index contributed by atoms with van der Waals surface area (Å²) in [6, 6.07) is 5.43. The first-order valence-electron chi connectivity index (χ1n) is 4.46. The number of benzene rings is 1. The number of aromatic hydroxyl groups is 1. The van der Waals surface area contributed by atoms with Crippen molar-refractivity contribution in [1.82, 2.24) is 0 Å². The van der Waals surface area contributed by atoms with Crippen LogP contribution in [0.3, 0.4) is 0 Å². The minimum absolute atomic E-state index is 0.103. The fourth-order valence-electron chi connectivity index (χ4n) is 1.39. The number of phenolic OH excluding ortho intramolecular Hbond substituents is 1. The predicted molar refractivity (Wildman–Crippen MR) is 56.4 cm³/mol. The summed E-state index contributed by atoms with van der Waals surface area (Å²) in [7, 11) is 1.87. The van der Waals surface area contributed by atoms with Gasteiger partial charge in [0.05, 0.1) is 0 Å². The van der Waals surface area contributed by atoms with E-state index in [2.05, 4.69) is 26.1 Å². The van der Waals surface area contributed by atoms with Crippen LogP contribution in [0, 0.1) is 0 Å². The van der Waals surface area contributed by atoms with E-state index in [-0.39, 0.29) is 5.41 Å². The molecule has 2 N–H and O–H groups in total. The van der Waals surface area contributed by atoms with E-state index in [0.717, 1.165) is 5.69 Å². The van der Waals surface area contributed by atoms with Crippen molar-refractivity contribution in [2.24, 2.45) is 0 Å². The molecule has 1 aromatic carbocycles. The number of anilines is 1. The molecule has 0 amide bonds. The van der Waals surface area contributed by atoms with Gasteiger partial charge in [0.2, 0.25) is 0 Å². The van der Waals surface area contributed by atoms with Gasteiger partial charge in [-0.1, -0.05) is 26.8 Å². The van der Waals surface area contributed by atoms with Crippen LogP contribution in [0.4, 0.5) is 5.69 Å². The van der Waals surface area contributed by atoms with E-state index in [4.69, 9.17) is 0 Å². The number of hydrogen-bond acceptors (Lipinski definition) is 2. The van der Waals surface area contributed by atoms with Gasteiger partial charge < -0.3 is 10.4 Å². The van der Waals surface area contributed by atoms with E-state index >= 15 is 0 Å². The smallest absolute Gasteiger partial charge is 0.117 e. The van der Waals surface area contributed by atoms with Gasteiger partial charge in [0.15, 0.2) is 0 Å². The molecule has 0 spiro atoms. The first-order chi connectivity index (χ1) is 5.95. The molecule has 0 aliphatic heterocycles. The second-order valence-corrected chi connectivity index (χ2v) is 4.23. The van der Waals surface area contributed by atoms with Crippen molar-refractivity contribution in [2.45, 2.75) is 26.2 Å². The topological polar surface area (TPSA) is 32.3 Å². The maximum absolute atomic E-state index is 9.29. The Balaban J connectivity index is 3.22. The molecule has 0 aliphatic carbocycles. The third-order valence-corrected chi connectivity index (χ3v) is 2.08. The lowest BCUT2D eigenvalue weighted by Crippen LogP contribution is -2.13. The maximum atomic E-state index is 9.29. The van der Waals surface area contributed by atoms with E-state index in [9.17, 15) is 5.11 Å². The molecule has 1 rings (SSSR count). The Bertz CT molecular complexity index is 299. The molecule has 0 unspecified atom stereocenters. The molecule has 0 aromatic heterocycles. The van der Waals surface area contributed by atoms with Crippen LogP contribution in [0.25, 0.3) is 0 Å². The quantitative estimate of drug-likeness (QED) is 0.694. The van der Waals surface area contributed by atoms with E-state index < -0.39 is 0 Å². The van der Waals surface area contributed by atoms with E-state index in [1.165, 1.54) is 5.56 Å². The number of hydrogen-bond donors (Lipinski definition) is 2. The third-order valence-electron chi connectivity index (χ3n) is 2.08. The summed E-state index contributed by atoms with van der Waals surface area (Å²) in [5.74, 6) is 0.303. The zero-order valence-corrected chi connectivity index (χ0v) is 8.68. The van der Waals surface area contributed by atoms with Crippen molar-refractivity contribution in [3.8, 4) is 5.75 Å². The molecular formula is C11H17NO. The van der Waals surface area contributed by atoms with Gasteiger partial charge in [-0.05, 0) is 17.0 Å². The second-order valence-electron chi connectivity index (χ2n) is 4.23. The molecule has 2 nitrogen and oxygen atoms in total. The van der Waals surface area contributed by atoms with Crippen LogP contribution >= 0.6 is 0 Å². The fourth-order valence-corrected chi connectivity index (χ4v) is 1.39. The number of phenols is 1. The van der Waals surface area contributed by atoms with Gasteiger partial charge in [0.25, 0.3) is 0 Å². The number of rotatable bonds is 1. The number of nitrogens with one attached hydrogen (secondary N) is 1. The van der Waals surface area contributed by atoms with Gasteiger partial charge >= 0.3 is 0 Å². The van der Waals surface area contributed by atoms with Crippen LogP contribution < -0.4 is 5.32 Å². The van der Waals surface area contributed by atoms with Crippen LogP contribution in [-0.4, -0.2) is 12.2 Å². The molecule has 2 heteroatoms. The van der Waals surface area contributed by atoms with Crippen molar-refractivity contribution in [3.63, 3.8) is 0 Å². The van der Waals surface area contributed by atoms with Crippen LogP contribution in [0.2, 0.25) is 0 Å². The van der Waals surface area contributed by atoms with Gasteiger partial charge in [0, 0.05) is 18.8 Å². The lowest BCUT2D eigenvalue weighted by Gasteiger charge is -2.22. The second kappa shape index (κ2) is 3.29. The standard InChI is InChI=1S/C11H17NO/c1-11(2,3)9-6-5-8(13)7-10(9)12-4/h5-7,12-13H,1-4H3. The van der Waals surface area contributed by atoms with Crippen LogP contribution in [0.1, 0.15) is 26.3 Å². The Morgan fingerprint density at radius 1 is 1.23 bits per heavy atom. The van der Waals surface area contributed by atoms with Crippen molar-refractivity contribution in [1.29, 1.82) is 0 Å². The molecule has 0 saturated heterocycles. The Hall–Kier alpha value is -1.18. The summed E-state index contributed by atoms with van der Waals surface area (Å²) < 4.78 is 0. The molecule has 0 bridgehead atoms. The minimum Gasteiger partial charge on any atom is -0.508 e. The minimum atomic E-state index is 0.103. The molecule has 0 atom stereocenters. The first-order valence-corrected chi connectivity index (χ1v) is 4.46. The van der Waals surface area contributed by atoms with E-state index in [0.29, 0.717) is 5.75 Å². The normalized spacial score (nSPS) is 11.4. The van der Waals surface area contributed by atoms with Gasteiger partial charge in [-0.3, -0.25) is 0 Å². The molecule has 0 saturated carbocycles. The Kier molecular flexibility index (Phi) is 2.50. The van der Waals surface area contributed by atoms with Gasteiger partial charge in [-0.2, -0.15) is 0 Å². The van der Waals surface area contributed by atoms with Crippen LogP contribution in [-0.2, 0) is 5.41 Å². The molecule has 0 heterocycles. The van der Waals surface area contributed by atoms with Crippen LogP contribution in [0.15, 0.2) is 18.2 Å². The third kappa shape index (κ3) is 2.14. The largest absolute Gasteiger partial charge is 0.508 e. The van der Waals surface area contributed by atoms with Gasteiger partial charge in [-0.25, -0.2) is 0 Å². The Morgan fingerprint density at radius 3 is 2.31 bits per heavy atom. The van der Waals surface area contributed by atoms with Crippen LogP contribution in [0.5, 0.6) is 5.75 Å². The summed E-state index contributed by atoms with van der Waals surface area (Å²) in [5, 5.41) is 12.4. The lowest BCUT2D eigenvalue weighted by atomic mass is 9.86. The SMILES string of the molecule is CNc1cc(O)ccc1C(C)(C)C. The highest BCUT2D eigenvalue weighted by Crippen LogP contribution is 2.31. The maximum Gasteiger partial charge on any atom is 0.117 e. The molecule has 0 fully saturated rings. The Labute approximate surface area is 79.6 Å².